The average Bonchev–Trinajstić information content (AvgIpc) is 2.73. The van der Waals surface area contributed by atoms with Gasteiger partial charge in [0.15, 0.2) is 0 Å². The summed E-state index contributed by atoms with van der Waals surface area (Å²) in [4.78, 5) is 24.0. The molecule has 0 aromatic heterocycles. The van der Waals surface area contributed by atoms with Gasteiger partial charge in [-0.3, -0.25) is 14.9 Å². The number of nitro benzene ring substituents is 1. The van der Waals surface area contributed by atoms with Gasteiger partial charge in [0.2, 0.25) is 5.75 Å². The SMILES string of the molecule is CSc1ccccc1NC(=O)c1ccccc1Oc1ccc(C(F)(F)F)cc1[N+](=O)[O-]. The number of carbonyl (C=O) groups is 1. The molecular weight excluding hydrogens is 433 g/mol. The number of ether oxygens (including phenoxy) is 1. The zero-order chi connectivity index (χ0) is 22.6. The highest BCUT2D eigenvalue weighted by Gasteiger charge is 2.33. The first-order valence-electron chi connectivity index (χ1n) is 8.77. The first-order valence-corrected chi connectivity index (χ1v) is 10.00. The monoisotopic (exact) mass is 448 g/mol. The van der Waals surface area contributed by atoms with Crippen LogP contribution in [0.25, 0.3) is 0 Å². The normalized spacial score (nSPS) is 11.1. The molecule has 31 heavy (non-hydrogen) atoms. The van der Waals surface area contributed by atoms with Crippen LogP contribution < -0.4 is 10.1 Å². The van der Waals surface area contributed by atoms with Gasteiger partial charge in [0.05, 0.1) is 21.7 Å². The number of rotatable bonds is 6. The molecule has 1 amide bonds. The van der Waals surface area contributed by atoms with Crippen molar-refractivity contribution < 1.29 is 27.6 Å². The van der Waals surface area contributed by atoms with Crippen molar-refractivity contribution >= 4 is 29.0 Å². The lowest BCUT2D eigenvalue weighted by Gasteiger charge is -2.14. The van der Waals surface area contributed by atoms with Crippen molar-refractivity contribution in [3.8, 4) is 11.5 Å². The van der Waals surface area contributed by atoms with E-state index in [1.54, 1.807) is 18.2 Å². The molecule has 0 aliphatic carbocycles. The molecule has 0 radical (unpaired) electrons. The fraction of sp³-hybridized carbons (Fsp3) is 0.0952. The molecule has 0 atom stereocenters. The van der Waals surface area contributed by atoms with Crippen LogP contribution in [0.4, 0.5) is 24.5 Å². The summed E-state index contributed by atoms with van der Waals surface area (Å²) in [7, 11) is 0. The zero-order valence-corrected chi connectivity index (χ0v) is 16.8. The van der Waals surface area contributed by atoms with Crippen molar-refractivity contribution in [1.29, 1.82) is 0 Å². The standard InChI is InChI=1S/C21H15F3N2O4S/c1-31-19-9-5-3-7-15(19)25-20(27)14-6-2-4-8-17(14)30-18-11-10-13(21(22,23)24)12-16(18)26(28)29/h2-12H,1H3,(H,25,27). The second kappa shape index (κ2) is 9.09. The van der Waals surface area contributed by atoms with E-state index in [1.807, 2.05) is 18.4 Å². The minimum absolute atomic E-state index is 0.0375. The molecule has 3 aromatic rings. The summed E-state index contributed by atoms with van der Waals surface area (Å²) in [5.74, 6) is -0.987. The molecule has 0 aliphatic heterocycles. The third-order valence-electron chi connectivity index (χ3n) is 4.19. The fourth-order valence-corrected chi connectivity index (χ4v) is 3.28. The molecule has 0 aliphatic rings. The minimum Gasteiger partial charge on any atom is -0.449 e. The molecule has 10 heteroatoms. The second-order valence-corrected chi connectivity index (χ2v) is 7.04. The smallest absolute Gasteiger partial charge is 0.416 e. The van der Waals surface area contributed by atoms with Crippen molar-refractivity contribution in [2.24, 2.45) is 0 Å². The molecule has 0 saturated carbocycles. The Balaban J connectivity index is 1.94. The van der Waals surface area contributed by atoms with E-state index in [0.29, 0.717) is 17.8 Å². The Kier molecular flexibility index (Phi) is 6.50. The lowest BCUT2D eigenvalue weighted by atomic mass is 10.1. The van der Waals surface area contributed by atoms with Crippen molar-refractivity contribution in [2.75, 3.05) is 11.6 Å². The summed E-state index contributed by atoms with van der Waals surface area (Å²) in [6.45, 7) is 0. The number of hydrogen-bond donors (Lipinski definition) is 1. The Morgan fingerprint density at radius 3 is 2.39 bits per heavy atom. The van der Waals surface area contributed by atoms with Gasteiger partial charge in [-0.05, 0) is 42.7 Å². The van der Waals surface area contributed by atoms with Crippen LogP contribution >= 0.6 is 11.8 Å². The van der Waals surface area contributed by atoms with Gasteiger partial charge in [0, 0.05) is 11.0 Å². The number of alkyl halides is 3. The molecule has 0 saturated heterocycles. The van der Waals surface area contributed by atoms with E-state index in [2.05, 4.69) is 5.32 Å². The molecule has 6 nitrogen and oxygen atoms in total. The highest BCUT2D eigenvalue weighted by atomic mass is 32.2. The Labute approximate surface area is 179 Å². The molecule has 3 rings (SSSR count). The van der Waals surface area contributed by atoms with Gasteiger partial charge in [-0.15, -0.1) is 11.8 Å². The Morgan fingerprint density at radius 2 is 1.71 bits per heavy atom. The molecule has 0 fully saturated rings. The average molecular weight is 448 g/mol. The topological polar surface area (TPSA) is 81.5 Å². The Morgan fingerprint density at radius 1 is 1.03 bits per heavy atom. The summed E-state index contributed by atoms with van der Waals surface area (Å²) in [6.07, 6.45) is -2.89. The number of anilines is 1. The van der Waals surface area contributed by atoms with Crippen LogP contribution in [-0.4, -0.2) is 17.1 Å². The molecule has 0 spiro atoms. The maximum absolute atomic E-state index is 12.9. The number of benzene rings is 3. The number of nitrogens with zero attached hydrogens (tertiary/aromatic N) is 1. The summed E-state index contributed by atoms with van der Waals surface area (Å²) < 4.78 is 44.2. The second-order valence-electron chi connectivity index (χ2n) is 6.19. The van der Waals surface area contributed by atoms with Gasteiger partial charge < -0.3 is 10.1 Å². The Bertz CT molecular complexity index is 1140. The predicted octanol–water partition coefficient (Wildman–Crippen LogP) is 6.38. The summed E-state index contributed by atoms with van der Waals surface area (Å²) in [5, 5.41) is 14.0. The lowest BCUT2D eigenvalue weighted by molar-refractivity contribution is -0.385. The number of para-hydroxylation sites is 2. The molecule has 3 aromatic carbocycles. The van der Waals surface area contributed by atoms with Crippen LogP contribution in [0.2, 0.25) is 0 Å². The molecule has 0 bridgehead atoms. The van der Waals surface area contributed by atoms with Gasteiger partial charge in [-0.25, -0.2) is 0 Å². The van der Waals surface area contributed by atoms with Gasteiger partial charge in [-0.2, -0.15) is 13.2 Å². The number of nitro groups is 1. The van der Waals surface area contributed by atoms with E-state index in [1.165, 1.54) is 30.0 Å². The predicted molar refractivity (Wildman–Crippen MR) is 111 cm³/mol. The number of thioether (sulfide) groups is 1. The summed E-state index contributed by atoms with van der Waals surface area (Å²) >= 11 is 1.44. The van der Waals surface area contributed by atoms with Crippen LogP contribution in [0.3, 0.4) is 0 Å². The number of amides is 1. The van der Waals surface area contributed by atoms with Gasteiger partial charge in [0.25, 0.3) is 5.91 Å². The highest BCUT2D eigenvalue weighted by molar-refractivity contribution is 7.98. The van der Waals surface area contributed by atoms with E-state index in [0.717, 1.165) is 11.0 Å². The molecule has 1 N–H and O–H groups in total. The Hall–Kier alpha value is -3.53. The molecule has 0 heterocycles. The largest absolute Gasteiger partial charge is 0.449 e. The molecule has 160 valence electrons. The van der Waals surface area contributed by atoms with Gasteiger partial charge in [-0.1, -0.05) is 24.3 Å². The lowest BCUT2D eigenvalue weighted by Crippen LogP contribution is -2.13. The highest BCUT2D eigenvalue weighted by Crippen LogP contribution is 2.38. The van der Waals surface area contributed by atoms with Crippen LogP contribution in [-0.2, 0) is 6.18 Å². The maximum Gasteiger partial charge on any atom is 0.416 e. The number of hydrogen-bond acceptors (Lipinski definition) is 5. The van der Waals surface area contributed by atoms with Gasteiger partial charge >= 0.3 is 11.9 Å². The number of halogens is 3. The van der Waals surface area contributed by atoms with E-state index < -0.39 is 34.0 Å². The number of nitrogens with one attached hydrogen (secondary N) is 1. The molecule has 0 unspecified atom stereocenters. The molecular formula is C21H15F3N2O4S. The zero-order valence-electron chi connectivity index (χ0n) is 16.0. The minimum atomic E-state index is -4.74. The number of carbonyl (C=O) groups excluding carboxylic acids is 1. The fourth-order valence-electron chi connectivity index (χ4n) is 2.72. The van der Waals surface area contributed by atoms with E-state index >= 15 is 0 Å². The van der Waals surface area contributed by atoms with E-state index in [4.69, 9.17) is 4.74 Å². The van der Waals surface area contributed by atoms with Crippen molar-refractivity contribution in [2.45, 2.75) is 11.1 Å². The quantitative estimate of drug-likeness (QED) is 0.269. The summed E-state index contributed by atoms with van der Waals surface area (Å²) in [5.41, 5.74) is -1.41. The van der Waals surface area contributed by atoms with Crippen LogP contribution in [0, 0.1) is 10.1 Å². The third-order valence-corrected chi connectivity index (χ3v) is 4.99. The van der Waals surface area contributed by atoms with Gasteiger partial charge in [0.1, 0.15) is 5.75 Å². The van der Waals surface area contributed by atoms with Crippen molar-refractivity contribution in [3.05, 3.63) is 88.0 Å². The van der Waals surface area contributed by atoms with Crippen molar-refractivity contribution in [1.82, 2.24) is 0 Å². The third kappa shape index (κ3) is 5.15. The summed E-state index contributed by atoms with van der Waals surface area (Å²) in [6, 6.07) is 15.0. The van der Waals surface area contributed by atoms with E-state index in [-0.39, 0.29) is 11.3 Å². The van der Waals surface area contributed by atoms with Crippen LogP contribution in [0.1, 0.15) is 15.9 Å². The van der Waals surface area contributed by atoms with E-state index in [9.17, 15) is 28.1 Å². The maximum atomic E-state index is 12.9. The first-order chi connectivity index (χ1) is 14.7. The van der Waals surface area contributed by atoms with Crippen molar-refractivity contribution in [3.63, 3.8) is 0 Å². The van der Waals surface area contributed by atoms with Crippen LogP contribution in [0.5, 0.6) is 11.5 Å². The first kappa shape index (κ1) is 22.2. The van der Waals surface area contributed by atoms with Crippen LogP contribution in [0.15, 0.2) is 71.6 Å².